The Balaban J connectivity index is 1.94. The van der Waals surface area contributed by atoms with Gasteiger partial charge < -0.3 is 20.3 Å². The lowest BCUT2D eigenvalue weighted by Gasteiger charge is -2.20. The summed E-state index contributed by atoms with van der Waals surface area (Å²) in [5, 5.41) is 13.8. The Morgan fingerprint density at radius 2 is 1.81 bits per heavy atom. The summed E-state index contributed by atoms with van der Waals surface area (Å²) >= 11 is 0. The standard InChI is InChI=1S/C21H21F2N3O5/c1-10-15(17(27)19(29)25-21(2,3)20(30)31)14-5-4-8-26(14)16(10)18(28)24-11-6-7-12(22)13(23)9-11/h6-7,9H,4-5,8H2,1-3H3,(H,24,28)(H,25,29)(H,30,31). The molecule has 0 unspecified atom stereocenters. The fourth-order valence-corrected chi connectivity index (χ4v) is 3.58. The van der Waals surface area contributed by atoms with Crippen molar-refractivity contribution in [2.24, 2.45) is 0 Å². The number of aromatic nitrogens is 1. The maximum absolute atomic E-state index is 13.5. The van der Waals surface area contributed by atoms with E-state index in [-0.39, 0.29) is 22.5 Å². The molecule has 8 nitrogen and oxygen atoms in total. The van der Waals surface area contributed by atoms with Crippen molar-refractivity contribution < 1.29 is 33.1 Å². The van der Waals surface area contributed by atoms with Crippen LogP contribution >= 0.6 is 0 Å². The molecule has 0 aliphatic carbocycles. The van der Waals surface area contributed by atoms with Crippen LogP contribution in [0.3, 0.4) is 0 Å². The number of carbonyl (C=O) groups is 4. The van der Waals surface area contributed by atoms with E-state index in [2.05, 4.69) is 10.6 Å². The second-order valence-corrected chi connectivity index (χ2v) is 7.85. The number of amides is 2. The van der Waals surface area contributed by atoms with Gasteiger partial charge in [0.1, 0.15) is 11.2 Å². The number of Topliss-reactive ketones (excluding diaryl/α,β-unsaturated/α-hetero) is 1. The fraction of sp³-hybridized carbons (Fsp3) is 0.333. The number of hydrogen-bond donors (Lipinski definition) is 3. The van der Waals surface area contributed by atoms with E-state index in [1.165, 1.54) is 26.8 Å². The van der Waals surface area contributed by atoms with Crippen LogP contribution in [0.2, 0.25) is 0 Å². The number of benzene rings is 1. The first-order valence-corrected chi connectivity index (χ1v) is 9.52. The molecule has 3 N–H and O–H groups in total. The number of carbonyl (C=O) groups excluding carboxylic acids is 3. The summed E-state index contributed by atoms with van der Waals surface area (Å²) in [6, 6.07) is 2.92. The molecule has 0 bridgehead atoms. The molecule has 3 rings (SSSR count). The van der Waals surface area contributed by atoms with E-state index in [4.69, 9.17) is 0 Å². The van der Waals surface area contributed by atoms with Gasteiger partial charge in [-0.15, -0.1) is 0 Å². The molecule has 2 heterocycles. The van der Waals surface area contributed by atoms with E-state index < -0.39 is 40.7 Å². The first-order chi connectivity index (χ1) is 14.4. The highest BCUT2D eigenvalue weighted by molar-refractivity contribution is 6.44. The van der Waals surface area contributed by atoms with Crippen molar-refractivity contribution in [2.75, 3.05) is 5.32 Å². The number of hydrogen-bond acceptors (Lipinski definition) is 4. The number of nitrogens with zero attached hydrogens (tertiary/aromatic N) is 1. The first-order valence-electron chi connectivity index (χ1n) is 9.52. The van der Waals surface area contributed by atoms with Gasteiger partial charge in [-0.1, -0.05) is 0 Å². The third-order valence-corrected chi connectivity index (χ3v) is 5.20. The van der Waals surface area contributed by atoms with Crippen molar-refractivity contribution in [3.05, 3.63) is 52.3 Å². The van der Waals surface area contributed by atoms with Gasteiger partial charge in [-0.3, -0.25) is 14.4 Å². The Bertz CT molecular complexity index is 1120. The molecule has 1 aromatic carbocycles. The molecule has 1 aliphatic rings. The summed E-state index contributed by atoms with van der Waals surface area (Å²) in [5.41, 5.74) is -0.691. The zero-order valence-corrected chi connectivity index (χ0v) is 17.1. The molecule has 1 aliphatic heterocycles. The summed E-state index contributed by atoms with van der Waals surface area (Å²) in [6.07, 6.45) is 1.10. The molecule has 164 valence electrons. The zero-order chi connectivity index (χ0) is 23.1. The lowest BCUT2D eigenvalue weighted by molar-refractivity contribution is -0.145. The van der Waals surface area contributed by atoms with Crippen LogP contribution in [0.25, 0.3) is 0 Å². The summed E-state index contributed by atoms with van der Waals surface area (Å²) in [4.78, 5) is 49.4. The number of carboxylic acid groups (broad SMARTS) is 1. The Kier molecular flexibility index (Phi) is 5.66. The fourth-order valence-electron chi connectivity index (χ4n) is 3.58. The zero-order valence-electron chi connectivity index (χ0n) is 17.1. The molecule has 0 atom stereocenters. The molecule has 2 aromatic rings. The van der Waals surface area contributed by atoms with Crippen molar-refractivity contribution >= 4 is 29.3 Å². The van der Waals surface area contributed by atoms with Crippen LogP contribution in [0.4, 0.5) is 14.5 Å². The Hall–Kier alpha value is -3.56. The number of halogens is 2. The summed E-state index contributed by atoms with van der Waals surface area (Å²) < 4.78 is 28.2. The van der Waals surface area contributed by atoms with Crippen LogP contribution < -0.4 is 10.6 Å². The van der Waals surface area contributed by atoms with E-state index in [0.29, 0.717) is 25.1 Å². The van der Waals surface area contributed by atoms with Crippen molar-refractivity contribution in [1.82, 2.24) is 9.88 Å². The number of carboxylic acids is 1. The second kappa shape index (κ2) is 7.93. The molecule has 0 spiro atoms. The van der Waals surface area contributed by atoms with Crippen molar-refractivity contribution in [3.63, 3.8) is 0 Å². The minimum atomic E-state index is -1.66. The van der Waals surface area contributed by atoms with Gasteiger partial charge in [0.05, 0.1) is 5.56 Å². The highest BCUT2D eigenvalue weighted by Gasteiger charge is 2.36. The van der Waals surface area contributed by atoms with Gasteiger partial charge in [-0.2, -0.15) is 0 Å². The third kappa shape index (κ3) is 4.05. The van der Waals surface area contributed by atoms with Crippen LogP contribution in [-0.2, 0) is 22.6 Å². The number of ketones is 1. The molecule has 0 radical (unpaired) electrons. The molecular weight excluding hydrogens is 412 g/mol. The van der Waals surface area contributed by atoms with E-state index in [9.17, 15) is 33.1 Å². The largest absolute Gasteiger partial charge is 0.480 e. The van der Waals surface area contributed by atoms with E-state index in [1.807, 2.05) is 0 Å². The summed E-state index contributed by atoms with van der Waals surface area (Å²) in [7, 11) is 0. The molecule has 0 saturated carbocycles. The highest BCUT2D eigenvalue weighted by atomic mass is 19.2. The van der Waals surface area contributed by atoms with Crippen molar-refractivity contribution in [3.8, 4) is 0 Å². The number of anilines is 1. The summed E-state index contributed by atoms with van der Waals surface area (Å²) in [6.45, 7) is 4.44. The lowest BCUT2D eigenvalue weighted by atomic mass is 10.0. The molecule has 0 saturated heterocycles. The monoisotopic (exact) mass is 433 g/mol. The minimum Gasteiger partial charge on any atom is -0.480 e. The van der Waals surface area contributed by atoms with Gasteiger partial charge in [-0.05, 0) is 51.3 Å². The molecule has 1 aromatic heterocycles. The molecular formula is C21H21F2N3O5. The number of aliphatic carboxylic acids is 1. The van der Waals surface area contributed by atoms with Gasteiger partial charge in [-0.25, -0.2) is 13.6 Å². The average molecular weight is 433 g/mol. The van der Waals surface area contributed by atoms with Crippen molar-refractivity contribution in [1.29, 1.82) is 0 Å². The lowest BCUT2D eigenvalue weighted by Crippen LogP contribution is -2.51. The summed E-state index contributed by atoms with van der Waals surface area (Å²) in [5.74, 6) is -6.16. The molecule has 10 heteroatoms. The van der Waals surface area contributed by atoms with Gasteiger partial charge in [0.15, 0.2) is 11.6 Å². The molecule has 2 amide bonds. The van der Waals surface area contributed by atoms with Gasteiger partial charge >= 0.3 is 5.97 Å². The van der Waals surface area contributed by atoms with Crippen LogP contribution in [-0.4, -0.2) is 38.8 Å². The Labute approximate surface area is 176 Å². The van der Waals surface area contributed by atoms with E-state index >= 15 is 0 Å². The maximum atomic E-state index is 13.5. The normalized spacial score (nSPS) is 12.9. The Morgan fingerprint density at radius 1 is 1.13 bits per heavy atom. The predicted octanol–water partition coefficient (Wildman–Crippen LogP) is 2.44. The third-order valence-electron chi connectivity index (χ3n) is 5.20. The Morgan fingerprint density at radius 3 is 2.42 bits per heavy atom. The predicted molar refractivity (Wildman–Crippen MR) is 106 cm³/mol. The minimum absolute atomic E-state index is 0.0330. The number of fused-ring (bicyclic) bond motifs is 1. The smallest absolute Gasteiger partial charge is 0.328 e. The average Bonchev–Trinajstić information content (AvgIpc) is 3.23. The van der Waals surface area contributed by atoms with Crippen LogP contribution in [0, 0.1) is 18.6 Å². The van der Waals surface area contributed by atoms with Gasteiger partial charge in [0.2, 0.25) is 0 Å². The molecule has 0 fully saturated rings. The first kappa shape index (κ1) is 22.1. The maximum Gasteiger partial charge on any atom is 0.328 e. The highest BCUT2D eigenvalue weighted by Crippen LogP contribution is 2.30. The topological polar surface area (TPSA) is 118 Å². The van der Waals surface area contributed by atoms with Crippen LogP contribution in [0.5, 0.6) is 0 Å². The SMILES string of the molecule is Cc1c(C(=O)C(=O)NC(C)(C)C(=O)O)c2n(c1C(=O)Nc1ccc(F)c(F)c1)CCC2. The molecule has 31 heavy (non-hydrogen) atoms. The van der Waals surface area contributed by atoms with E-state index in [1.54, 1.807) is 4.57 Å². The quantitative estimate of drug-likeness (QED) is 0.478. The second-order valence-electron chi connectivity index (χ2n) is 7.85. The van der Waals surface area contributed by atoms with Crippen LogP contribution in [0.1, 0.15) is 52.4 Å². The van der Waals surface area contributed by atoms with E-state index in [0.717, 1.165) is 12.1 Å². The van der Waals surface area contributed by atoms with Crippen LogP contribution in [0.15, 0.2) is 18.2 Å². The van der Waals surface area contributed by atoms with Crippen molar-refractivity contribution in [2.45, 2.75) is 45.7 Å². The number of rotatable bonds is 6. The van der Waals surface area contributed by atoms with Gasteiger partial charge in [0, 0.05) is 24.0 Å². The number of nitrogens with one attached hydrogen (secondary N) is 2. The van der Waals surface area contributed by atoms with Gasteiger partial charge in [0.25, 0.3) is 17.6 Å².